The third kappa shape index (κ3) is 5.05. The number of hydrogen-bond donors (Lipinski definition) is 3. The molecule has 1 aromatic heterocycles. The normalized spacial score (nSPS) is 11.9. The molecule has 3 N–H and O–H groups in total. The lowest BCUT2D eigenvalue weighted by Gasteiger charge is -2.12. The highest BCUT2D eigenvalue weighted by Gasteiger charge is 2.11. The van der Waals surface area contributed by atoms with Crippen LogP contribution in [0, 0.1) is 11.6 Å². The molecule has 0 saturated carbocycles. The summed E-state index contributed by atoms with van der Waals surface area (Å²) in [6, 6.07) is 9.37. The van der Waals surface area contributed by atoms with Crippen LogP contribution in [0.2, 0.25) is 5.02 Å². The molecule has 28 heavy (non-hydrogen) atoms. The highest BCUT2D eigenvalue weighted by atomic mass is 35.5. The summed E-state index contributed by atoms with van der Waals surface area (Å²) in [4.78, 5) is 11.9. The fraction of sp³-hybridized carbons (Fsp3) is 0.158. The fourth-order valence-electron chi connectivity index (χ4n) is 2.49. The van der Waals surface area contributed by atoms with Gasteiger partial charge in [0.05, 0.1) is 12.3 Å². The van der Waals surface area contributed by atoms with E-state index in [1.165, 1.54) is 23.1 Å². The van der Waals surface area contributed by atoms with Crippen LogP contribution in [0.3, 0.4) is 0 Å². The molecule has 0 radical (unpaired) electrons. The highest BCUT2D eigenvalue weighted by molar-refractivity contribution is 6.30. The van der Waals surface area contributed by atoms with Gasteiger partial charge in [-0.3, -0.25) is 0 Å². The number of amides is 2. The van der Waals surface area contributed by atoms with Crippen LogP contribution in [0.25, 0.3) is 5.69 Å². The summed E-state index contributed by atoms with van der Waals surface area (Å²) in [5, 5.41) is 19.8. The Morgan fingerprint density at radius 2 is 1.93 bits per heavy atom. The Morgan fingerprint density at radius 1 is 1.18 bits per heavy atom. The second-order valence-corrected chi connectivity index (χ2v) is 6.46. The van der Waals surface area contributed by atoms with Gasteiger partial charge in [-0.15, -0.1) is 0 Å². The van der Waals surface area contributed by atoms with Gasteiger partial charge in [0.25, 0.3) is 0 Å². The van der Waals surface area contributed by atoms with Crippen molar-refractivity contribution in [2.24, 2.45) is 0 Å². The second kappa shape index (κ2) is 8.81. The summed E-state index contributed by atoms with van der Waals surface area (Å²) in [5.41, 5.74) is 1.35. The number of nitrogens with zero attached hydrogens (tertiary/aromatic N) is 2. The lowest BCUT2D eigenvalue weighted by atomic mass is 10.1. The number of rotatable bonds is 6. The Labute approximate surface area is 164 Å². The molecule has 146 valence electrons. The van der Waals surface area contributed by atoms with Gasteiger partial charge < -0.3 is 15.7 Å². The average molecular weight is 407 g/mol. The molecule has 6 nitrogen and oxygen atoms in total. The molecule has 9 heteroatoms. The largest absolute Gasteiger partial charge is 0.387 e. The van der Waals surface area contributed by atoms with Crippen molar-refractivity contribution in [3.63, 3.8) is 0 Å². The summed E-state index contributed by atoms with van der Waals surface area (Å²) >= 11 is 5.79. The van der Waals surface area contributed by atoms with Crippen molar-refractivity contribution in [2.45, 2.75) is 12.6 Å². The lowest BCUT2D eigenvalue weighted by molar-refractivity contribution is 0.173. The van der Waals surface area contributed by atoms with E-state index in [4.69, 9.17) is 11.6 Å². The molecule has 0 spiro atoms. The van der Waals surface area contributed by atoms with Gasteiger partial charge in [0, 0.05) is 35.9 Å². The minimum absolute atomic E-state index is 0.0213. The maximum absolute atomic E-state index is 13.8. The topological polar surface area (TPSA) is 79.2 Å². The summed E-state index contributed by atoms with van der Waals surface area (Å²) in [6.45, 7) is 0.166. The van der Waals surface area contributed by atoms with Crippen LogP contribution in [0.15, 0.2) is 54.9 Å². The quantitative estimate of drug-likeness (QED) is 0.587. The monoisotopic (exact) mass is 406 g/mol. The molecule has 0 aliphatic carbocycles. The van der Waals surface area contributed by atoms with E-state index in [1.54, 1.807) is 24.3 Å². The molecule has 0 saturated heterocycles. The number of aromatic nitrogens is 2. The number of carbonyl (C=O) groups is 1. The van der Waals surface area contributed by atoms with Crippen LogP contribution in [0.4, 0.5) is 13.6 Å². The molecular weight excluding hydrogens is 390 g/mol. The standard InChI is InChI=1S/C19H17ClF2N4O2/c20-14-3-1-13(2-4-14)18(27)10-24-19(28)23-8-12-9-25-26(11-12)17-6-5-15(21)7-16(17)22/h1-7,9,11,18,27H,8,10H2,(H2,23,24,28). The Morgan fingerprint density at radius 3 is 2.64 bits per heavy atom. The number of aliphatic hydroxyl groups is 1. The molecule has 1 unspecified atom stereocenters. The van der Waals surface area contributed by atoms with Gasteiger partial charge in [-0.2, -0.15) is 5.10 Å². The van der Waals surface area contributed by atoms with Crippen molar-refractivity contribution in [3.8, 4) is 5.69 Å². The third-order valence-electron chi connectivity index (χ3n) is 3.96. The fourth-order valence-corrected chi connectivity index (χ4v) is 2.61. The van der Waals surface area contributed by atoms with Gasteiger partial charge in [0.2, 0.25) is 0 Å². The molecule has 1 heterocycles. The molecule has 0 fully saturated rings. The van der Waals surface area contributed by atoms with Crippen molar-refractivity contribution in [3.05, 3.63) is 82.6 Å². The Hall–Kier alpha value is -2.97. The van der Waals surface area contributed by atoms with E-state index >= 15 is 0 Å². The lowest BCUT2D eigenvalue weighted by Crippen LogP contribution is -2.37. The van der Waals surface area contributed by atoms with E-state index in [1.807, 2.05) is 0 Å². The average Bonchev–Trinajstić information content (AvgIpc) is 3.13. The number of aliphatic hydroxyl groups excluding tert-OH is 1. The van der Waals surface area contributed by atoms with Gasteiger partial charge in [-0.1, -0.05) is 23.7 Å². The van der Waals surface area contributed by atoms with Gasteiger partial charge in [-0.25, -0.2) is 18.3 Å². The minimum Gasteiger partial charge on any atom is -0.387 e. The third-order valence-corrected chi connectivity index (χ3v) is 4.21. The smallest absolute Gasteiger partial charge is 0.315 e. The summed E-state index contributed by atoms with van der Waals surface area (Å²) in [7, 11) is 0. The molecule has 2 amide bonds. The molecule has 1 atom stereocenters. The predicted molar refractivity (Wildman–Crippen MR) is 100 cm³/mol. The zero-order valence-electron chi connectivity index (χ0n) is 14.6. The van der Waals surface area contributed by atoms with E-state index < -0.39 is 23.8 Å². The van der Waals surface area contributed by atoms with Gasteiger partial charge in [-0.05, 0) is 29.8 Å². The maximum atomic E-state index is 13.8. The first kappa shape index (κ1) is 19.8. The number of hydrogen-bond acceptors (Lipinski definition) is 3. The molecular formula is C19H17ClF2N4O2. The van der Waals surface area contributed by atoms with E-state index in [9.17, 15) is 18.7 Å². The molecule has 3 aromatic rings. The van der Waals surface area contributed by atoms with Crippen molar-refractivity contribution < 1.29 is 18.7 Å². The van der Waals surface area contributed by atoms with Crippen molar-refractivity contribution in [1.29, 1.82) is 0 Å². The van der Waals surface area contributed by atoms with Crippen LogP contribution >= 0.6 is 11.6 Å². The molecule has 0 aliphatic rings. The zero-order valence-corrected chi connectivity index (χ0v) is 15.3. The van der Waals surface area contributed by atoms with Gasteiger partial charge >= 0.3 is 6.03 Å². The number of carbonyl (C=O) groups excluding carboxylic acids is 1. The van der Waals surface area contributed by atoms with Crippen LogP contribution in [-0.4, -0.2) is 27.5 Å². The molecule has 0 aliphatic heterocycles. The summed E-state index contributed by atoms with van der Waals surface area (Å²) in [6.07, 6.45) is 2.12. The summed E-state index contributed by atoms with van der Waals surface area (Å²) < 4.78 is 28.0. The van der Waals surface area contributed by atoms with Crippen LogP contribution in [0.1, 0.15) is 17.2 Å². The Balaban J connectivity index is 1.49. The van der Waals surface area contributed by atoms with E-state index in [0.717, 1.165) is 12.1 Å². The number of nitrogens with one attached hydrogen (secondary N) is 2. The van der Waals surface area contributed by atoms with Crippen molar-refractivity contribution in [1.82, 2.24) is 20.4 Å². The first-order valence-corrected chi connectivity index (χ1v) is 8.74. The van der Waals surface area contributed by atoms with Crippen LogP contribution in [-0.2, 0) is 6.54 Å². The summed E-state index contributed by atoms with van der Waals surface area (Å²) in [5.74, 6) is -1.41. The molecule has 2 aromatic carbocycles. The van der Waals surface area contributed by atoms with Gasteiger partial charge in [0.1, 0.15) is 11.5 Å². The predicted octanol–water partition coefficient (Wildman–Crippen LogP) is 3.34. The SMILES string of the molecule is O=C(NCc1cnn(-c2ccc(F)cc2F)c1)NCC(O)c1ccc(Cl)cc1. The minimum atomic E-state index is -0.868. The number of benzene rings is 2. The number of halogens is 3. The second-order valence-electron chi connectivity index (χ2n) is 6.02. The van der Waals surface area contributed by atoms with Crippen molar-refractivity contribution >= 4 is 17.6 Å². The first-order valence-electron chi connectivity index (χ1n) is 8.36. The van der Waals surface area contributed by atoms with E-state index in [2.05, 4.69) is 15.7 Å². The zero-order chi connectivity index (χ0) is 20.1. The molecule has 3 rings (SSSR count). The highest BCUT2D eigenvalue weighted by Crippen LogP contribution is 2.16. The van der Waals surface area contributed by atoms with E-state index in [0.29, 0.717) is 16.1 Å². The van der Waals surface area contributed by atoms with E-state index in [-0.39, 0.29) is 18.8 Å². The van der Waals surface area contributed by atoms with Crippen LogP contribution < -0.4 is 10.6 Å². The maximum Gasteiger partial charge on any atom is 0.315 e. The number of urea groups is 1. The molecule has 0 bridgehead atoms. The van der Waals surface area contributed by atoms with Crippen LogP contribution in [0.5, 0.6) is 0 Å². The van der Waals surface area contributed by atoms with Crippen molar-refractivity contribution in [2.75, 3.05) is 6.54 Å². The van der Waals surface area contributed by atoms with Gasteiger partial charge in [0.15, 0.2) is 5.82 Å². The first-order chi connectivity index (χ1) is 13.4. The Kier molecular flexibility index (Phi) is 6.23. The Bertz CT molecular complexity index is 963.